The van der Waals surface area contributed by atoms with Gasteiger partial charge in [0.15, 0.2) is 0 Å². The summed E-state index contributed by atoms with van der Waals surface area (Å²) in [5.74, 6) is 2.15. The second-order valence-electron chi connectivity index (χ2n) is 14.4. The molecular weight excluding hydrogens is 828 g/mol. The third-order valence-electron chi connectivity index (χ3n) is 10.2. The highest BCUT2D eigenvalue weighted by Crippen LogP contribution is 2.52. The van der Waals surface area contributed by atoms with Crippen molar-refractivity contribution in [3.05, 3.63) is 162 Å². The SMILES string of the molecule is COc1ccc(C(c2ccc(Oc3ccc(S(=O)(=O)c4ccc(OC)cc4)cc3)cc2)(c2ccc(S(=O)(=O)c3ccc(N(C)C(N(C)C)=[N+](C)C)cc3)cc2)C(F)(F)F)cc1. The normalized spacial score (nSPS) is 12.8. The topological polar surface area (TPSA) is 105 Å². The molecule has 1 unspecified atom stereocenters. The summed E-state index contributed by atoms with van der Waals surface area (Å²) in [6, 6.07) is 33.6. The van der Waals surface area contributed by atoms with Gasteiger partial charge < -0.3 is 14.2 Å². The van der Waals surface area contributed by atoms with E-state index >= 15 is 13.2 Å². The number of guanidine groups is 1. The number of benzene rings is 6. The molecule has 10 nitrogen and oxygen atoms in total. The zero-order valence-electron chi connectivity index (χ0n) is 34.5. The molecule has 6 rings (SSSR count). The fourth-order valence-corrected chi connectivity index (χ4v) is 9.83. The zero-order chi connectivity index (χ0) is 44.3. The lowest BCUT2D eigenvalue weighted by atomic mass is 9.68. The van der Waals surface area contributed by atoms with Crippen molar-refractivity contribution in [1.29, 1.82) is 0 Å². The van der Waals surface area contributed by atoms with Crippen molar-refractivity contribution >= 4 is 31.3 Å². The number of rotatable bonds is 12. The van der Waals surface area contributed by atoms with E-state index in [1.807, 2.05) is 49.6 Å². The molecule has 15 heteroatoms. The second-order valence-corrected chi connectivity index (χ2v) is 18.3. The van der Waals surface area contributed by atoms with Gasteiger partial charge in [-0.3, -0.25) is 9.48 Å². The number of halogens is 3. The summed E-state index contributed by atoms with van der Waals surface area (Å²) < 4.78 is 120. The van der Waals surface area contributed by atoms with E-state index in [4.69, 9.17) is 14.2 Å². The molecule has 0 fully saturated rings. The molecule has 0 heterocycles. The predicted octanol–water partition coefficient (Wildman–Crippen LogP) is 8.68. The molecule has 0 aliphatic rings. The third kappa shape index (κ3) is 8.66. The molecular formula is C46H45F3N3O7S2+. The predicted molar refractivity (Wildman–Crippen MR) is 228 cm³/mol. The van der Waals surface area contributed by atoms with Gasteiger partial charge in [0.2, 0.25) is 19.7 Å². The second kappa shape index (κ2) is 17.3. The molecule has 0 aliphatic heterocycles. The number of ether oxygens (including phenoxy) is 3. The van der Waals surface area contributed by atoms with Gasteiger partial charge in [-0.2, -0.15) is 13.2 Å². The molecule has 0 amide bonds. The van der Waals surface area contributed by atoms with E-state index < -0.39 is 31.3 Å². The molecule has 0 aliphatic carbocycles. The first kappa shape index (κ1) is 44.2. The number of nitrogens with zero attached hydrogens (tertiary/aromatic N) is 3. The first-order chi connectivity index (χ1) is 28.8. The van der Waals surface area contributed by atoms with Gasteiger partial charge in [0.1, 0.15) is 34.1 Å². The lowest BCUT2D eigenvalue weighted by Gasteiger charge is -2.37. The Hall–Kier alpha value is -6.32. The highest BCUT2D eigenvalue weighted by Gasteiger charge is 2.58. The number of sulfone groups is 2. The molecule has 0 radical (unpaired) electrons. The molecule has 6 aromatic carbocycles. The van der Waals surface area contributed by atoms with Crippen LogP contribution in [0, 0.1) is 0 Å². The summed E-state index contributed by atoms with van der Waals surface area (Å²) in [6.07, 6.45) is -4.94. The van der Waals surface area contributed by atoms with E-state index in [0.717, 1.165) is 11.6 Å². The first-order valence-corrected chi connectivity index (χ1v) is 21.7. The molecule has 1 atom stereocenters. The zero-order valence-corrected chi connectivity index (χ0v) is 36.1. The Bertz CT molecular complexity index is 2720. The van der Waals surface area contributed by atoms with Crippen LogP contribution in [-0.2, 0) is 25.1 Å². The Morgan fingerprint density at radius 1 is 0.492 bits per heavy atom. The van der Waals surface area contributed by atoms with Crippen LogP contribution < -0.4 is 19.1 Å². The van der Waals surface area contributed by atoms with E-state index in [1.165, 1.54) is 136 Å². The highest BCUT2D eigenvalue weighted by molar-refractivity contribution is 7.91. The van der Waals surface area contributed by atoms with Crippen LogP contribution in [0.25, 0.3) is 0 Å². The Morgan fingerprint density at radius 2 is 0.787 bits per heavy atom. The lowest BCUT2D eigenvalue weighted by molar-refractivity contribution is -0.470. The number of methoxy groups -OCH3 is 2. The monoisotopic (exact) mass is 872 g/mol. The van der Waals surface area contributed by atoms with Crippen LogP contribution in [0.3, 0.4) is 0 Å². The average Bonchev–Trinajstić information content (AvgIpc) is 3.24. The maximum atomic E-state index is 16.0. The van der Waals surface area contributed by atoms with Crippen molar-refractivity contribution in [2.75, 3.05) is 54.4 Å². The molecule has 0 saturated carbocycles. The fourth-order valence-electron chi connectivity index (χ4n) is 7.30. The van der Waals surface area contributed by atoms with Gasteiger partial charge in [-0.25, -0.2) is 21.7 Å². The van der Waals surface area contributed by atoms with Crippen LogP contribution in [0.1, 0.15) is 16.7 Å². The maximum Gasteiger partial charge on any atom is 0.406 e. The maximum absolute atomic E-state index is 16.0. The summed E-state index contributed by atoms with van der Waals surface area (Å²) in [5.41, 5.74) is -2.56. The molecule has 318 valence electrons. The van der Waals surface area contributed by atoms with Crippen LogP contribution in [0.15, 0.2) is 165 Å². The smallest absolute Gasteiger partial charge is 0.406 e. The quantitative estimate of drug-likeness (QED) is 0.0517. The number of anilines is 1. The van der Waals surface area contributed by atoms with Crippen LogP contribution in [-0.4, -0.2) is 87.9 Å². The molecule has 61 heavy (non-hydrogen) atoms. The summed E-state index contributed by atoms with van der Waals surface area (Å²) in [5, 5.41) is 0. The molecule has 0 saturated heterocycles. The lowest BCUT2D eigenvalue weighted by Crippen LogP contribution is -2.44. The molecule has 0 aromatic heterocycles. The van der Waals surface area contributed by atoms with Crippen LogP contribution in [0.2, 0.25) is 0 Å². The Balaban J connectivity index is 1.33. The number of hydrogen-bond acceptors (Lipinski definition) is 7. The van der Waals surface area contributed by atoms with Gasteiger partial charge in [-0.1, -0.05) is 36.4 Å². The van der Waals surface area contributed by atoms with Crippen LogP contribution in [0.5, 0.6) is 23.0 Å². The fraction of sp³-hybridized carbons (Fsp3) is 0.196. The molecule has 0 N–H and O–H groups in total. The van der Waals surface area contributed by atoms with E-state index in [1.54, 1.807) is 24.3 Å². The van der Waals surface area contributed by atoms with Gasteiger partial charge in [0, 0.05) is 0 Å². The Kier molecular flexibility index (Phi) is 12.6. The van der Waals surface area contributed by atoms with E-state index in [2.05, 4.69) is 0 Å². The molecule has 0 spiro atoms. The van der Waals surface area contributed by atoms with Gasteiger partial charge in [-0.05, 0) is 126 Å². The third-order valence-corrected chi connectivity index (χ3v) is 13.8. The minimum Gasteiger partial charge on any atom is -0.497 e. The van der Waals surface area contributed by atoms with Gasteiger partial charge in [-0.15, -0.1) is 0 Å². The largest absolute Gasteiger partial charge is 0.497 e. The van der Waals surface area contributed by atoms with Gasteiger partial charge in [0.05, 0.1) is 69.0 Å². The van der Waals surface area contributed by atoms with Gasteiger partial charge in [0.25, 0.3) is 0 Å². The first-order valence-electron chi connectivity index (χ1n) is 18.7. The molecule has 6 aromatic rings. The number of alkyl halides is 3. The summed E-state index contributed by atoms with van der Waals surface area (Å²) in [4.78, 5) is 3.72. The Labute approximate surface area is 354 Å². The average molecular weight is 873 g/mol. The van der Waals surface area contributed by atoms with Crippen molar-refractivity contribution in [2.24, 2.45) is 0 Å². The van der Waals surface area contributed by atoms with Crippen molar-refractivity contribution in [3.8, 4) is 23.0 Å². The van der Waals surface area contributed by atoms with Crippen molar-refractivity contribution < 1.29 is 48.8 Å². The number of hydrogen-bond donors (Lipinski definition) is 0. The summed E-state index contributed by atoms with van der Waals surface area (Å²) in [7, 11) is 4.34. The van der Waals surface area contributed by atoms with Crippen LogP contribution in [0.4, 0.5) is 18.9 Å². The Morgan fingerprint density at radius 3 is 1.11 bits per heavy atom. The summed E-state index contributed by atoms with van der Waals surface area (Å²) >= 11 is 0. The van der Waals surface area contributed by atoms with Crippen molar-refractivity contribution in [3.63, 3.8) is 0 Å². The van der Waals surface area contributed by atoms with Crippen LogP contribution >= 0.6 is 0 Å². The van der Waals surface area contributed by atoms with E-state index in [9.17, 15) is 16.8 Å². The van der Waals surface area contributed by atoms with E-state index in [-0.39, 0.29) is 47.8 Å². The summed E-state index contributed by atoms with van der Waals surface area (Å²) in [6.45, 7) is 0. The van der Waals surface area contributed by atoms with E-state index in [0.29, 0.717) is 11.5 Å². The van der Waals surface area contributed by atoms with Crippen molar-refractivity contribution in [2.45, 2.75) is 31.2 Å². The standard InChI is InChI=1S/C46H45F3N3O7S2/c1-50(2)44(51(3)4)52(5)35-14-26-41(27-15-35)60(53,54)40-24-12-34(13-25-40)45(46(47,48)49,32-8-16-36(57-6)17-9-32)33-10-18-38(19-11-33)59-39-22-30-43(31-23-39)61(55,56)42-28-20-37(58-7)21-29-42/h8-31H,1-7H3/q+1. The highest BCUT2D eigenvalue weighted by atomic mass is 32.2. The minimum absolute atomic E-state index is 0.0185. The minimum atomic E-state index is -4.94. The molecule has 0 bridgehead atoms. The van der Waals surface area contributed by atoms with Crippen molar-refractivity contribution in [1.82, 2.24) is 4.90 Å². The van der Waals surface area contributed by atoms with Gasteiger partial charge >= 0.3 is 12.1 Å².